The highest BCUT2D eigenvalue weighted by Crippen LogP contribution is 2.26. The third kappa shape index (κ3) is 4.06. The van der Waals surface area contributed by atoms with Gasteiger partial charge in [0.15, 0.2) is 0 Å². The van der Waals surface area contributed by atoms with E-state index in [1.165, 1.54) is 12.1 Å². The molecular weight excluding hydrogens is 306 g/mol. The third-order valence-corrected chi connectivity index (χ3v) is 4.32. The summed E-state index contributed by atoms with van der Waals surface area (Å²) in [6.07, 6.45) is 0. The van der Waals surface area contributed by atoms with Crippen molar-refractivity contribution in [2.24, 2.45) is 0 Å². The number of carbonyl (C=O) groups is 1. The molecule has 0 saturated carbocycles. The minimum Gasteiger partial charge on any atom is -0.508 e. The third-order valence-electron chi connectivity index (χ3n) is 4.32. The van der Waals surface area contributed by atoms with Gasteiger partial charge >= 0.3 is 5.97 Å². The maximum absolute atomic E-state index is 11.9. The Labute approximate surface area is 142 Å². The summed E-state index contributed by atoms with van der Waals surface area (Å²) >= 11 is 0. The minimum absolute atomic E-state index is 0.105. The molecule has 5 heteroatoms. The van der Waals surface area contributed by atoms with E-state index in [2.05, 4.69) is 0 Å². The van der Waals surface area contributed by atoms with Crippen LogP contribution >= 0.6 is 0 Å². The predicted molar refractivity (Wildman–Crippen MR) is 92.1 cm³/mol. The van der Waals surface area contributed by atoms with Gasteiger partial charge in [0.25, 0.3) is 0 Å². The van der Waals surface area contributed by atoms with E-state index in [1.807, 2.05) is 49.2 Å². The van der Waals surface area contributed by atoms with Crippen LogP contribution in [0.1, 0.15) is 19.4 Å². The fraction of sp³-hybridized carbons (Fsp3) is 0.316. The number of aliphatic carboxylic acids is 1. The molecule has 24 heavy (non-hydrogen) atoms. The van der Waals surface area contributed by atoms with E-state index in [0.717, 1.165) is 5.56 Å². The van der Waals surface area contributed by atoms with Crippen LogP contribution in [-0.2, 0) is 11.3 Å². The summed E-state index contributed by atoms with van der Waals surface area (Å²) in [5.41, 5.74) is -0.329. The van der Waals surface area contributed by atoms with Crippen molar-refractivity contribution in [1.29, 1.82) is 0 Å². The van der Waals surface area contributed by atoms with Crippen molar-refractivity contribution < 1.29 is 19.7 Å². The first-order valence-electron chi connectivity index (χ1n) is 7.78. The first-order chi connectivity index (χ1) is 11.3. The molecular formula is C19H23NO4. The molecule has 0 aliphatic rings. The van der Waals surface area contributed by atoms with Gasteiger partial charge in [-0.25, -0.2) is 4.79 Å². The van der Waals surface area contributed by atoms with Crippen molar-refractivity contribution in [3.63, 3.8) is 0 Å². The summed E-state index contributed by atoms with van der Waals surface area (Å²) in [6.45, 7) is 4.01. The molecule has 2 aromatic carbocycles. The standard InChI is InChI=1S/C19H23NO4/c1-14(20(3)13-15-7-5-4-6-8-15)19(2,18(22)23)24-17-11-9-16(21)10-12-17/h4-12,14,21H,13H2,1-3H3,(H,22,23). The van der Waals surface area contributed by atoms with Crippen LogP contribution in [0.2, 0.25) is 0 Å². The second-order valence-corrected chi connectivity index (χ2v) is 6.08. The molecule has 5 nitrogen and oxygen atoms in total. The van der Waals surface area contributed by atoms with E-state index < -0.39 is 11.6 Å². The predicted octanol–water partition coefficient (Wildman–Crippen LogP) is 3.13. The Morgan fingerprint density at radius 1 is 1.17 bits per heavy atom. The highest BCUT2D eigenvalue weighted by Gasteiger charge is 2.43. The van der Waals surface area contributed by atoms with Crippen molar-refractivity contribution >= 4 is 5.97 Å². The van der Waals surface area contributed by atoms with Crippen LogP contribution in [0.4, 0.5) is 0 Å². The number of aromatic hydroxyl groups is 1. The van der Waals surface area contributed by atoms with Gasteiger partial charge < -0.3 is 14.9 Å². The maximum Gasteiger partial charge on any atom is 0.349 e. The van der Waals surface area contributed by atoms with E-state index in [0.29, 0.717) is 12.3 Å². The molecule has 0 radical (unpaired) electrons. The lowest BCUT2D eigenvalue weighted by Gasteiger charge is -2.37. The smallest absolute Gasteiger partial charge is 0.349 e. The van der Waals surface area contributed by atoms with Gasteiger partial charge in [0.05, 0.1) is 6.04 Å². The number of ether oxygens (including phenoxy) is 1. The molecule has 2 N–H and O–H groups in total. The lowest BCUT2D eigenvalue weighted by molar-refractivity contribution is -0.159. The van der Waals surface area contributed by atoms with Crippen molar-refractivity contribution in [3.05, 3.63) is 60.2 Å². The number of nitrogens with zero attached hydrogens (tertiary/aromatic N) is 1. The molecule has 2 rings (SSSR count). The second kappa shape index (κ2) is 7.36. The highest BCUT2D eigenvalue weighted by molar-refractivity contribution is 5.78. The van der Waals surface area contributed by atoms with Gasteiger partial charge in [-0.3, -0.25) is 4.90 Å². The number of hydrogen-bond acceptors (Lipinski definition) is 4. The van der Waals surface area contributed by atoms with E-state index >= 15 is 0 Å². The van der Waals surface area contributed by atoms with Gasteiger partial charge in [0, 0.05) is 6.54 Å². The Hall–Kier alpha value is -2.53. The van der Waals surface area contributed by atoms with Crippen molar-refractivity contribution in [1.82, 2.24) is 4.90 Å². The van der Waals surface area contributed by atoms with Crippen molar-refractivity contribution in [2.45, 2.75) is 32.0 Å². The Balaban J connectivity index is 2.18. The summed E-state index contributed by atoms with van der Waals surface area (Å²) in [5.74, 6) is -0.533. The molecule has 2 unspecified atom stereocenters. The molecule has 0 heterocycles. The van der Waals surface area contributed by atoms with E-state index in [-0.39, 0.29) is 11.8 Å². The minimum atomic E-state index is -1.43. The molecule has 128 valence electrons. The highest BCUT2D eigenvalue weighted by atomic mass is 16.5. The van der Waals surface area contributed by atoms with E-state index in [9.17, 15) is 15.0 Å². The molecule has 0 aromatic heterocycles. The zero-order valence-electron chi connectivity index (χ0n) is 14.1. The Morgan fingerprint density at radius 2 is 1.75 bits per heavy atom. The Kier molecular flexibility index (Phi) is 5.46. The Bertz CT molecular complexity index is 672. The molecule has 2 aromatic rings. The summed E-state index contributed by atoms with van der Waals surface area (Å²) in [5, 5.41) is 19.1. The topological polar surface area (TPSA) is 70.0 Å². The van der Waals surface area contributed by atoms with Crippen LogP contribution in [0.5, 0.6) is 11.5 Å². The van der Waals surface area contributed by atoms with E-state index in [1.54, 1.807) is 19.1 Å². The number of phenolic OH excluding ortho intramolecular Hbond substituents is 1. The van der Waals surface area contributed by atoms with Crippen LogP contribution < -0.4 is 4.74 Å². The van der Waals surface area contributed by atoms with Gasteiger partial charge in [0.2, 0.25) is 5.60 Å². The van der Waals surface area contributed by atoms with Crippen LogP contribution in [0.3, 0.4) is 0 Å². The number of phenols is 1. The monoisotopic (exact) mass is 329 g/mol. The normalized spacial score (nSPS) is 14.8. The van der Waals surface area contributed by atoms with Crippen LogP contribution in [0, 0.1) is 0 Å². The molecule has 2 atom stereocenters. The lowest BCUT2D eigenvalue weighted by Crippen LogP contribution is -2.56. The molecule has 0 fully saturated rings. The summed E-state index contributed by atoms with van der Waals surface area (Å²) in [4.78, 5) is 13.8. The molecule has 0 bridgehead atoms. The lowest BCUT2D eigenvalue weighted by atomic mass is 9.95. The second-order valence-electron chi connectivity index (χ2n) is 6.08. The van der Waals surface area contributed by atoms with Gasteiger partial charge in [-0.1, -0.05) is 30.3 Å². The van der Waals surface area contributed by atoms with Gasteiger partial charge in [-0.2, -0.15) is 0 Å². The van der Waals surface area contributed by atoms with Crippen LogP contribution in [0.15, 0.2) is 54.6 Å². The van der Waals surface area contributed by atoms with Gasteiger partial charge in [-0.15, -0.1) is 0 Å². The quantitative estimate of drug-likeness (QED) is 0.817. The number of likely N-dealkylation sites (N-methyl/N-ethyl adjacent to an activating group) is 1. The first-order valence-corrected chi connectivity index (χ1v) is 7.78. The van der Waals surface area contributed by atoms with Crippen LogP contribution in [-0.4, -0.2) is 39.8 Å². The Morgan fingerprint density at radius 3 is 2.29 bits per heavy atom. The largest absolute Gasteiger partial charge is 0.508 e. The SMILES string of the molecule is CC(N(C)Cc1ccccc1)C(C)(Oc1ccc(O)cc1)C(=O)O. The number of carboxylic acid groups (broad SMARTS) is 1. The molecule has 0 amide bonds. The first kappa shape index (κ1) is 17.8. The van der Waals surface area contributed by atoms with E-state index in [4.69, 9.17) is 4.74 Å². The summed E-state index contributed by atoms with van der Waals surface area (Å²) in [6, 6.07) is 15.5. The molecule has 0 aliphatic carbocycles. The number of rotatable bonds is 7. The fourth-order valence-electron chi connectivity index (χ4n) is 2.50. The fourth-order valence-corrected chi connectivity index (χ4v) is 2.50. The summed E-state index contributed by atoms with van der Waals surface area (Å²) in [7, 11) is 1.87. The van der Waals surface area contributed by atoms with Gasteiger partial charge in [0.1, 0.15) is 11.5 Å². The summed E-state index contributed by atoms with van der Waals surface area (Å²) < 4.78 is 5.79. The number of carboxylic acids is 1. The molecule has 0 saturated heterocycles. The number of hydrogen-bond donors (Lipinski definition) is 2. The zero-order valence-corrected chi connectivity index (χ0v) is 14.1. The van der Waals surface area contributed by atoms with Crippen molar-refractivity contribution in [3.8, 4) is 11.5 Å². The molecule has 0 spiro atoms. The average molecular weight is 329 g/mol. The van der Waals surface area contributed by atoms with Crippen LogP contribution in [0.25, 0.3) is 0 Å². The van der Waals surface area contributed by atoms with Crippen molar-refractivity contribution in [2.75, 3.05) is 7.05 Å². The molecule has 0 aliphatic heterocycles. The average Bonchev–Trinajstić information content (AvgIpc) is 2.57. The maximum atomic E-state index is 11.9. The van der Waals surface area contributed by atoms with Gasteiger partial charge in [-0.05, 0) is 50.7 Å². The zero-order chi connectivity index (χ0) is 17.7. The number of benzene rings is 2.